The van der Waals surface area contributed by atoms with E-state index in [4.69, 9.17) is 0 Å². The molecule has 0 spiro atoms. The summed E-state index contributed by atoms with van der Waals surface area (Å²) in [6, 6.07) is 16.9. The summed E-state index contributed by atoms with van der Waals surface area (Å²) in [4.78, 5) is 4.36. The summed E-state index contributed by atoms with van der Waals surface area (Å²) in [6.07, 6.45) is 1.84. The summed E-state index contributed by atoms with van der Waals surface area (Å²) in [5.74, 6) is 0. The normalized spacial score (nSPS) is 14.1. The Balaban J connectivity index is 2.09. The molecule has 1 aromatic heterocycles. The topological polar surface area (TPSA) is 24.9 Å². The highest BCUT2D eigenvalue weighted by Crippen LogP contribution is 2.30. The molecule has 1 heterocycles. The molecule has 2 unspecified atom stereocenters. The van der Waals surface area contributed by atoms with Gasteiger partial charge in [-0.1, -0.05) is 43.3 Å². The number of nitrogens with one attached hydrogen (secondary N) is 1. The molecule has 18 heavy (non-hydrogen) atoms. The monoisotopic (exact) mass is 258 g/mol. The van der Waals surface area contributed by atoms with Gasteiger partial charge in [-0.3, -0.25) is 0 Å². The Morgan fingerprint density at radius 1 is 1.06 bits per heavy atom. The van der Waals surface area contributed by atoms with Gasteiger partial charge in [0.05, 0.1) is 5.03 Å². The van der Waals surface area contributed by atoms with E-state index in [-0.39, 0.29) is 0 Å². The van der Waals surface area contributed by atoms with Crippen LogP contribution in [-0.4, -0.2) is 17.3 Å². The van der Waals surface area contributed by atoms with Gasteiger partial charge in [-0.2, -0.15) is 0 Å². The van der Waals surface area contributed by atoms with E-state index in [1.54, 1.807) is 11.8 Å². The molecular formula is C15H18N2S. The Labute approximate surface area is 113 Å². The molecule has 0 radical (unpaired) electrons. The first kappa shape index (κ1) is 13.1. The fraction of sp³-hybridized carbons (Fsp3) is 0.267. The van der Waals surface area contributed by atoms with Gasteiger partial charge in [0.1, 0.15) is 0 Å². The van der Waals surface area contributed by atoms with E-state index in [0.29, 0.717) is 11.3 Å². The summed E-state index contributed by atoms with van der Waals surface area (Å²) in [5, 5.41) is 4.88. The van der Waals surface area contributed by atoms with Gasteiger partial charge in [-0.15, -0.1) is 11.8 Å². The molecule has 3 heteroatoms. The van der Waals surface area contributed by atoms with Crippen molar-refractivity contribution < 1.29 is 0 Å². The van der Waals surface area contributed by atoms with E-state index in [1.165, 1.54) is 5.56 Å². The standard InChI is InChI=1S/C15H18N2S/c1-12(18-14-10-6-7-11-17-14)15(16-2)13-8-4-3-5-9-13/h3-12,15-16H,1-2H3. The highest BCUT2D eigenvalue weighted by Gasteiger charge is 2.18. The third-order valence-electron chi connectivity index (χ3n) is 2.88. The number of pyridine rings is 1. The predicted octanol–water partition coefficient (Wildman–Crippen LogP) is 3.52. The van der Waals surface area contributed by atoms with Crippen LogP contribution in [0.25, 0.3) is 0 Å². The molecule has 94 valence electrons. The Bertz CT molecular complexity index is 458. The summed E-state index contributed by atoms with van der Waals surface area (Å²) in [6.45, 7) is 2.23. The highest BCUT2D eigenvalue weighted by atomic mass is 32.2. The molecule has 2 atom stereocenters. The lowest BCUT2D eigenvalue weighted by Crippen LogP contribution is -2.25. The summed E-state index contributed by atoms with van der Waals surface area (Å²) < 4.78 is 0. The van der Waals surface area contributed by atoms with Crippen LogP contribution in [0.5, 0.6) is 0 Å². The van der Waals surface area contributed by atoms with Crippen LogP contribution >= 0.6 is 11.8 Å². The third kappa shape index (κ3) is 3.34. The number of hydrogen-bond donors (Lipinski definition) is 1. The average Bonchev–Trinajstić information content (AvgIpc) is 2.42. The van der Waals surface area contributed by atoms with Crippen molar-refractivity contribution in [3.05, 3.63) is 60.3 Å². The minimum absolute atomic E-state index is 0.332. The number of aromatic nitrogens is 1. The molecule has 2 rings (SSSR count). The molecule has 0 amide bonds. The predicted molar refractivity (Wildman–Crippen MR) is 77.8 cm³/mol. The smallest absolute Gasteiger partial charge is 0.0963 e. The van der Waals surface area contributed by atoms with E-state index in [2.05, 4.69) is 47.6 Å². The van der Waals surface area contributed by atoms with Crippen molar-refractivity contribution in [3.8, 4) is 0 Å². The molecule has 0 aliphatic heterocycles. The summed E-state index contributed by atoms with van der Waals surface area (Å²) >= 11 is 1.80. The molecule has 0 saturated carbocycles. The molecule has 1 aromatic carbocycles. The second-order valence-electron chi connectivity index (χ2n) is 4.17. The van der Waals surface area contributed by atoms with Crippen LogP contribution < -0.4 is 5.32 Å². The zero-order valence-corrected chi connectivity index (χ0v) is 11.5. The second kappa shape index (κ2) is 6.57. The van der Waals surface area contributed by atoms with Crippen molar-refractivity contribution in [2.24, 2.45) is 0 Å². The van der Waals surface area contributed by atoms with Crippen LogP contribution in [0.2, 0.25) is 0 Å². The maximum atomic E-state index is 4.36. The molecule has 0 aliphatic rings. The Hall–Kier alpha value is -1.32. The number of thioether (sulfide) groups is 1. The van der Waals surface area contributed by atoms with Crippen LogP contribution in [0.1, 0.15) is 18.5 Å². The van der Waals surface area contributed by atoms with Crippen LogP contribution in [0, 0.1) is 0 Å². The first-order valence-corrected chi connectivity index (χ1v) is 6.99. The van der Waals surface area contributed by atoms with Gasteiger partial charge in [0.15, 0.2) is 0 Å². The lowest BCUT2D eigenvalue weighted by Gasteiger charge is -2.23. The zero-order chi connectivity index (χ0) is 12.8. The van der Waals surface area contributed by atoms with Crippen LogP contribution in [0.15, 0.2) is 59.8 Å². The fourth-order valence-corrected chi connectivity index (χ4v) is 3.10. The summed E-state index contributed by atoms with van der Waals surface area (Å²) in [5.41, 5.74) is 1.32. The van der Waals surface area contributed by atoms with E-state index in [9.17, 15) is 0 Å². The van der Waals surface area contributed by atoms with E-state index in [0.717, 1.165) is 5.03 Å². The maximum Gasteiger partial charge on any atom is 0.0963 e. The van der Waals surface area contributed by atoms with Crippen LogP contribution in [-0.2, 0) is 0 Å². The Kier molecular flexibility index (Phi) is 4.79. The number of rotatable bonds is 5. The van der Waals surface area contributed by atoms with Crippen molar-refractivity contribution in [3.63, 3.8) is 0 Å². The quantitative estimate of drug-likeness (QED) is 0.831. The fourth-order valence-electron chi connectivity index (χ4n) is 2.01. The van der Waals surface area contributed by atoms with Crippen molar-refractivity contribution in [1.82, 2.24) is 10.3 Å². The SMILES string of the molecule is CNC(c1ccccc1)C(C)Sc1ccccn1. The second-order valence-corrected chi connectivity index (χ2v) is 5.57. The Morgan fingerprint density at radius 3 is 2.39 bits per heavy atom. The number of hydrogen-bond acceptors (Lipinski definition) is 3. The van der Waals surface area contributed by atoms with E-state index < -0.39 is 0 Å². The zero-order valence-electron chi connectivity index (χ0n) is 10.7. The molecule has 2 nitrogen and oxygen atoms in total. The van der Waals surface area contributed by atoms with Crippen molar-refractivity contribution >= 4 is 11.8 Å². The van der Waals surface area contributed by atoms with Crippen molar-refractivity contribution in [1.29, 1.82) is 0 Å². The van der Waals surface area contributed by atoms with Gasteiger partial charge in [-0.05, 0) is 24.7 Å². The van der Waals surface area contributed by atoms with Crippen molar-refractivity contribution in [2.75, 3.05) is 7.05 Å². The summed E-state index contributed by atoms with van der Waals surface area (Å²) in [7, 11) is 2.01. The van der Waals surface area contributed by atoms with Crippen molar-refractivity contribution in [2.45, 2.75) is 23.2 Å². The maximum absolute atomic E-state index is 4.36. The lowest BCUT2D eigenvalue weighted by atomic mass is 10.0. The minimum atomic E-state index is 0.332. The average molecular weight is 258 g/mol. The van der Waals surface area contributed by atoms with Gasteiger partial charge in [-0.25, -0.2) is 4.98 Å². The lowest BCUT2D eigenvalue weighted by molar-refractivity contribution is 0.589. The van der Waals surface area contributed by atoms with E-state index >= 15 is 0 Å². The minimum Gasteiger partial charge on any atom is -0.312 e. The molecule has 0 aliphatic carbocycles. The number of benzene rings is 1. The van der Waals surface area contributed by atoms with Gasteiger partial charge >= 0.3 is 0 Å². The van der Waals surface area contributed by atoms with Crippen LogP contribution in [0.3, 0.4) is 0 Å². The molecule has 1 N–H and O–H groups in total. The van der Waals surface area contributed by atoms with Gasteiger partial charge in [0.2, 0.25) is 0 Å². The molecule has 0 fully saturated rings. The van der Waals surface area contributed by atoms with Crippen LogP contribution in [0.4, 0.5) is 0 Å². The van der Waals surface area contributed by atoms with Gasteiger partial charge < -0.3 is 5.32 Å². The third-order valence-corrected chi connectivity index (χ3v) is 4.01. The van der Waals surface area contributed by atoms with Gasteiger partial charge in [0, 0.05) is 17.5 Å². The van der Waals surface area contributed by atoms with Gasteiger partial charge in [0.25, 0.3) is 0 Å². The Morgan fingerprint density at radius 2 is 1.78 bits per heavy atom. The molecular weight excluding hydrogens is 240 g/mol. The molecule has 2 aromatic rings. The molecule has 0 saturated heterocycles. The highest BCUT2D eigenvalue weighted by molar-refractivity contribution is 7.99. The first-order chi connectivity index (χ1) is 8.81. The molecule has 0 bridgehead atoms. The van der Waals surface area contributed by atoms with E-state index in [1.807, 2.05) is 31.4 Å². The largest absolute Gasteiger partial charge is 0.312 e. The number of nitrogens with zero attached hydrogens (tertiary/aromatic N) is 1. The first-order valence-electron chi connectivity index (χ1n) is 6.11.